The van der Waals surface area contributed by atoms with Gasteiger partial charge in [0.2, 0.25) is 0 Å². The Balaban J connectivity index is 1.94. The monoisotopic (exact) mass is 265 g/mol. The molecule has 0 aliphatic carbocycles. The van der Waals surface area contributed by atoms with Gasteiger partial charge >= 0.3 is 5.89 Å². The zero-order valence-corrected chi connectivity index (χ0v) is 10.8. The van der Waals surface area contributed by atoms with Crippen LogP contribution in [-0.4, -0.2) is 4.98 Å². The Kier molecular flexibility index (Phi) is 1.64. The molecule has 4 heteroatoms. The molecule has 0 radical (unpaired) electrons. The molecule has 0 atom stereocenters. The van der Waals surface area contributed by atoms with E-state index < -0.39 is 0 Å². The van der Waals surface area contributed by atoms with Gasteiger partial charge in [-0.15, -0.1) is 0 Å². The molecule has 0 spiro atoms. The summed E-state index contributed by atoms with van der Waals surface area (Å²) in [5.74, 6) is 0.975. The molecule has 4 aromatic rings. The first-order valence-electron chi connectivity index (χ1n) is 6.19. The van der Waals surface area contributed by atoms with Gasteiger partial charge < -0.3 is 4.42 Å². The van der Waals surface area contributed by atoms with Gasteiger partial charge in [0, 0.05) is 22.7 Å². The van der Waals surface area contributed by atoms with Crippen LogP contribution in [0.2, 0.25) is 0 Å². The standard InChI is InChI=1S/C15H9N2OS/c1-2-4-10-9(3-1)8-17-13-11-7-16-6-5-12(11)19-15(13)18-14(10)17/h1-7H,8H2/q+1. The van der Waals surface area contributed by atoms with Crippen molar-refractivity contribution in [3.05, 3.63) is 48.3 Å². The van der Waals surface area contributed by atoms with Crippen molar-refractivity contribution in [1.29, 1.82) is 0 Å². The Morgan fingerprint density at radius 3 is 3.16 bits per heavy atom. The van der Waals surface area contributed by atoms with Crippen LogP contribution in [0.25, 0.3) is 32.0 Å². The van der Waals surface area contributed by atoms with Gasteiger partial charge in [-0.2, -0.15) is 4.57 Å². The maximum absolute atomic E-state index is 6.08. The van der Waals surface area contributed by atoms with Crippen molar-refractivity contribution in [2.45, 2.75) is 6.54 Å². The number of nitrogens with zero attached hydrogens (tertiary/aromatic N) is 2. The number of fused-ring (bicyclic) bond motifs is 7. The second-order valence-corrected chi connectivity index (χ2v) is 5.78. The lowest BCUT2D eigenvalue weighted by atomic mass is 10.1. The van der Waals surface area contributed by atoms with Crippen LogP contribution in [0, 0.1) is 0 Å². The van der Waals surface area contributed by atoms with E-state index in [1.165, 1.54) is 26.7 Å². The number of oxazole rings is 1. The molecule has 19 heavy (non-hydrogen) atoms. The third-order valence-electron chi connectivity index (χ3n) is 3.71. The maximum Gasteiger partial charge on any atom is 0.383 e. The quantitative estimate of drug-likeness (QED) is 0.402. The third-order valence-corrected chi connectivity index (χ3v) is 4.75. The second kappa shape index (κ2) is 3.22. The molecule has 4 heterocycles. The van der Waals surface area contributed by atoms with Crippen molar-refractivity contribution in [2.24, 2.45) is 0 Å². The van der Waals surface area contributed by atoms with E-state index in [2.05, 4.69) is 33.8 Å². The molecular weight excluding hydrogens is 256 g/mol. The number of hydrogen-bond acceptors (Lipinski definition) is 3. The molecule has 1 aromatic carbocycles. The highest BCUT2D eigenvalue weighted by molar-refractivity contribution is 7.25. The van der Waals surface area contributed by atoms with Gasteiger partial charge in [0.05, 0.1) is 10.9 Å². The van der Waals surface area contributed by atoms with Gasteiger partial charge in [0.1, 0.15) is 0 Å². The summed E-state index contributed by atoms with van der Waals surface area (Å²) in [6.07, 6.45) is 3.76. The Bertz CT molecular complexity index is 951. The fraction of sp³-hybridized carbons (Fsp3) is 0.0667. The molecule has 0 N–H and O–H groups in total. The van der Waals surface area contributed by atoms with Gasteiger partial charge in [-0.1, -0.05) is 29.5 Å². The zero-order chi connectivity index (χ0) is 12.4. The first kappa shape index (κ1) is 9.69. The molecule has 0 saturated carbocycles. The van der Waals surface area contributed by atoms with Crippen molar-refractivity contribution in [3.8, 4) is 11.5 Å². The molecule has 0 unspecified atom stereocenters. The van der Waals surface area contributed by atoms with E-state index in [0.29, 0.717) is 0 Å². The average molecular weight is 265 g/mol. The van der Waals surface area contributed by atoms with Crippen molar-refractivity contribution in [2.75, 3.05) is 0 Å². The smallest absolute Gasteiger partial charge is 0.383 e. The summed E-state index contributed by atoms with van der Waals surface area (Å²) >= 11 is 1.69. The van der Waals surface area contributed by atoms with Gasteiger partial charge in [0.25, 0.3) is 10.4 Å². The van der Waals surface area contributed by atoms with E-state index in [0.717, 1.165) is 17.3 Å². The van der Waals surface area contributed by atoms with Crippen LogP contribution in [0.1, 0.15) is 5.56 Å². The van der Waals surface area contributed by atoms with Crippen LogP contribution in [-0.2, 0) is 6.54 Å². The zero-order valence-electron chi connectivity index (χ0n) is 9.96. The van der Waals surface area contributed by atoms with E-state index >= 15 is 0 Å². The molecule has 0 saturated heterocycles. The highest BCUT2D eigenvalue weighted by atomic mass is 32.1. The Morgan fingerprint density at radius 1 is 1.21 bits per heavy atom. The summed E-state index contributed by atoms with van der Waals surface area (Å²) in [4.78, 5) is 5.23. The topological polar surface area (TPSA) is 29.9 Å². The average Bonchev–Trinajstić information content (AvgIpc) is 3.05. The summed E-state index contributed by atoms with van der Waals surface area (Å²) in [5.41, 5.74) is 3.72. The van der Waals surface area contributed by atoms with Crippen LogP contribution in [0.5, 0.6) is 0 Å². The molecule has 3 aromatic heterocycles. The molecule has 1 aliphatic heterocycles. The molecule has 0 amide bonds. The Hall–Kier alpha value is -2.20. The van der Waals surface area contributed by atoms with Crippen LogP contribution >= 0.6 is 11.3 Å². The van der Waals surface area contributed by atoms with E-state index in [4.69, 9.17) is 4.42 Å². The normalized spacial score (nSPS) is 13.1. The minimum Gasteiger partial charge on any atom is -0.386 e. The summed E-state index contributed by atoms with van der Waals surface area (Å²) < 4.78 is 9.57. The number of hydrogen-bond donors (Lipinski definition) is 0. The number of pyridine rings is 1. The molecular formula is C15H9N2OS+. The fourth-order valence-corrected chi connectivity index (χ4v) is 3.89. The minimum absolute atomic E-state index is 0.888. The van der Waals surface area contributed by atoms with Crippen LogP contribution in [0.3, 0.4) is 0 Å². The molecule has 90 valence electrons. The largest absolute Gasteiger partial charge is 0.386 e. The van der Waals surface area contributed by atoms with Gasteiger partial charge in [-0.3, -0.25) is 4.98 Å². The maximum atomic E-state index is 6.08. The first-order chi connectivity index (χ1) is 9.42. The predicted octanol–water partition coefficient (Wildman–Crippen LogP) is 3.36. The van der Waals surface area contributed by atoms with E-state index in [1.807, 2.05) is 18.5 Å². The molecule has 0 fully saturated rings. The highest BCUT2D eigenvalue weighted by Crippen LogP contribution is 2.38. The highest BCUT2D eigenvalue weighted by Gasteiger charge is 2.35. The fourth-order valence-electron chi connectivity index (χ4n) is 2.86. The van der Waals surface area contributed by atoms with Gasteiger partial charge in [0.15, 0.2) is 6.54 Å². The first-order valence-corrected chi connectivity index (χ1v) is 7.00. The van der Waals surface area contributed by atoms with Gasteiger partial charge in [-0.05, 0) is 12.1 Å². The van der Waals surface area contributed by atoms with Crippen molar-refractivity contribution >= 4 is 31.8 Å². The number of aromatic nitrogens is 2. The minimum atomic E-state index is 0.888. The van der Waals surface area contributed by atoms with Crippen LogP contribution < -0.4 is 4.57 Å². The lowest BCUT2D eigenvalue weighted by Gasteiger charge is -1.88. The van der Waals surface area contributed by atoms with E-state index in [-0.39, 0.29) is 0 Å². The van der Waals surface area contributed by atoms with Crippen LogP contribution in [0.15, 0.2) is 47.1 Å². The van der Waals surface area contributed by atoms with E-state index in [1.54, 1.807) is 11.3 Å². The summed E-state index contributed by atoms with van der Waals surface area (Å²) in [6, 6.07) is 10.5. The van der Waals surface area contributed by atoms with Crippen LogP contribution in [0.4, 0.5) is 0 Å². The van der Waals surface area contributed by atoms with Crippen molar-refractivity contribution in [3.63, 3.8) is 0 Å². The number of thiophene rings is 1. The van der Waals surface area contributed by atoms with Crippen molar-refractivity contribution in [1.82, 2.24) is 4.98 Å². The lowest BCUT2D eigenvalue weighted by molar-refractivity contribution is -0.648. The summed E-state index contributed by atoms with van der Waals surface area (Å²) in [6.45, 7) is 0.888. The lowest BCUT2D eigenvalue weighted by Crippen LogP contribution is -2.30. The molecule has 5 rings (SSSR count). The van der Waals surface area contributed by atoms with Crippen molar-refractivity contribution < 1.29 is 8.98 Å². The van der Waals surface area contributed by atoms with Gasteiger partial charge in [-0.25, -0.2) is 0 Å². The summed E-state index contributed by atoms with van der Waals surface area (Å²) in [5, 5.41) is 1.19. The number of benzene rings is 1. The third kappa shape index (κ3) is 1.12. The molecule has 0 bridgehead atoms. The molecule has 3 nitrogen and oxygen atoms in total. The second-order valence-electron chi connectivity index (χ2n) is 4.76. The SMILES string of the molecule is c1ccc2c(c1)C[n+]1c-2oc2sc3ccncc3c21. The number of rotatable bonds is 0. The van der Waals surface area contributed by atoms with E-state index in [9.17, 15) is 0 Å². The Labute approximate surface area is 112 Å². The Morgan fingerprint density at radius 2 is 2.16 bits per heavy atom. The predicted molar refractivity (Wildman–Crippen MR) is 74.1 cm³/mol. The molecule has 1 aliphatic rings. The summed E-state index contributed by atoms with van der Waals surface area (Å²) in [7, 11) is 0.